The maximum atomic E-state index is 5.25. The second-order valence-electron chi connectivity index (χ2n) is 4.40. The predicted molar refractivity (Wildman–Crippen MR) is 76.2 cm³/mol. The van der Waals surface area contributed by atoms with Gasteiger partial charge in [0.05, 0.1) is 4.47 Å². The van der Waals surface area contributed by atoms with E-state index in [9.17, 15) is 0 Å². The van der Waals surface area contributed by atoms with Crippen molar-refractivity contribution in [2.45, 2.75) is 0 Å². The van der Waals surface area contributed by atoms with Crippen molar-refractivity contribution in [1.29, 1.82) is 0 Å². The van der Waals surface area contributed by atoms with E-state index in [4.69, 9.17) is 4.52 Å². The third kappa shape index (κ3) is 2.11. The first kappa shape index (κ1) is 12.2. The van der Waals surface area contributed by atoms with Gasteiger partial charge < -0.3 is 4.52 Å². The van der Waals surface area contributed by atoms with Crippen molar-refractivity contribution in [3.63, 3.8) is 0 Å². The average Bonchev–Trinajstić information content (AvgIpc) is 3.14. The van der Waals surface area contributed by atoms with Crippen LogP contribution in [0.25, 0.3) is 28.8 Å². The van der Waals surface area contributed by atoms with Crippen LogP contribution in [0.4, 0.5) is 0 Å². The Kier molecular flexibility index (Phi) is 2.61. The van der Waals surface area contributed by atoms with Crippen LogP contribution in [-0.2, 0) is 7.05 Å². The van der Waals surface area contributed by atoms with Crippen LogP contribution in [0.1, 0.15) is 0 Å². The SMILES string of the molecule is Cn1ccc(-c2noc(-c3cc4ncc(Br)cn4n3)n2)n1. The molecule has 104 valence electrons. The largest absolute Gasteiger partial charge is 0.332 e. The molecule has 0 radical (unpaired) electrons. The number of fused-ring (bicyclic) bond motifs is 1. The summed E-state index contributed by atoms with van der Waals surface area (Å²) in [4.78, 5) is 8.56. The molecule has 0 aromatic carbocycles. The van der Waals surface area contributed by atoms with Gasteiger partial charge in [-0.25, -0.2) is 9.50 Å². The minimum atomic E-state index is 0.331. The molecule has 9 heteroatoms. The molecule has 0 fully saturated rings. The van der Waals surface area contributed by atoms with E-state index < -0.39 is 0 Å². The van der Waals surface area contributed by atoms with Crippen LogP contribution in [0.15, 0.2) is 39.7 Å². The number of aromatic nitrogens is 7. The van der Waals surface area contributed by atoms with E-state index >= 15 is 0 Å². The Labute approximate surface area is 126 Å². The summed E-state index contributed by atoms with van der Waals surface area (Å²) >= 11 is 3.35. The second kappa shape index (κ2) is 4.48. The molecule has 0 N–H and O–H groups in total. The van der Waals surface area contributed by atoms with Crippen molar-refractivity contribution in [3.8, 4) is 23.1 Å². The van der Waals surface area contributed by atoms with Crippen LogP contribution in [-0.4, -0.2) is 34.5 Å². The van der Waals surface area contributed by atoms with Crippen molar-refractivity contribution in [3.05, 3.63) is 35.2 Å². The van der Waals surface area contributed by atoms with E-state index in [0.717, 1.165) is 4.47 Å². The summed E-state index contributed by atoms with van der Waals surface area (Å²) in [7, 11) is 1.83. The summed E-state index contributed by atoms with van der Waals surface area (Å²) in [6.45, 7) is 0. The van der Waals surface area contributed by atoms with Gasteiger partial charge in [0.1, 0.15) is 5.69 Å². The van der Waals surface area contributed by atoms with E-state index in [2.05, 4.69) is 41.3 Å². The van der Waals surface area contributed by atoms with Gasteiger partial charge in [-0.05, 0) is 22.0 Å². The molecule has 8 nitrogen and oxygen atoms in total. The number of nitrogens with zero attached hydrogens (tertiary/aromatic N) is 7. The van der Waals surface area contributed by atoms with Crippen molar-refractivity contribution in [2.75, 3.05) is 0 Å². The topological polar surface area (TPSA) is 86.9 Å². The Morgan fingerprint density at radius 3 is 2.95 bits per heavy atom. The Balaban J connectivity index is 1.76. The van der Waals surface area contributed by atoms with Gasteiger partial charge in [-0.3, -0.25) is 4.68 Å². The third-order valence-corrected chi connectivity index (χ3v) is 3.28. The molecule has 0 aliphatic rings. The smallest absolute Gasteiger partial charge is 0.278 e. The van der Waals surface area contributed by atoms with Gasteiger partial charge >= 0.3 is 0 Å². The Morgan fingerprint density at radius 1 is 1.24 bits per heavy atom. The molecular formula is C12H8BrN7O. The van der Waals surface area contributed by atoms with E-state index in [1.165, 1.54) is 0 Å². The van der Waals surface area contributed by atoms with Crippen molar-refractivity contribution in [2.24, 2.45) is 7.05 Å². The summed E-state index contributed by atoms with van der Waals surface area (Å²) in [5.74, 6) is 0.758. The quantitative estimate of drug-likeness (QED) is 0.551. The number of halogens is 1. The van der Waals surface area contributed by atoms with Gasteiger partial charge in [-0.15, -0.1) is 0 Å². The minimum Gasteiger partial charge on any atom is -0.332 e. The lowest BCUT2D eigenvalue weighted by Gasteiger charge is -1.90. The fourth-order valence-corrected chi connectivity index (χ4v) is 2.22. The van der Waals surface area contributed by atoms with Crippen molar-refractivity contribution < 1.29 is 4.52 Å². The van der Waals surface area contributed by atoms with Crippen LogP contribution in [0.2, 0.25) is 0 Å². The van der Waals surface area contributed by atoms with Crippen LogP contribution in [0, 0.1) is 0 Å². The van der Waals surface area contributed by atoms with Crippen molar-refractivity contribution in [1.82, 2.24) is 34.5 Å². The van der Waals surface area contributed by atoms with Crippen LogP contribution in [0.5, 0.6) is 0 Å². The first-order chi connectivity index (χ1) is 10.2. The molecular weight excluding hydrogens is 338 g/mol. The average molecular weight is 346 g/mol. The zero-order valence-electron chi connectivity index (χ0n) is 10.8. The Morgan fingerprint density at radius 2 is 2.14 bits per heavy atom. The fourth-order valence-electron chi connectivity index (χ4n) is 1.92. The van der Waals surface area contributed by atoms with Gasteiger partial charge in [0, 0.05) is 31.7 Å². The summed E-state index contributed by atoms with van der Waals surface area (Å²) in [5, 5.41) is 12.5. The molecule has 0 saturated heterocycles. The molecule has 4 heterocycles. The highest BCUT2D eigenvalue weighted by Crippen LogP contribution is 2.21. The standard InChI is InChI=1S/C12H8BrN7O/c1-19-3-2-8(16-19)11-15-12(21-18-11)9-4-10-14-5-7(13)6-20(10)17-9/h2-6H,1H3. The molecule has 4 aromatic rings. The molecule has 0 bridgehead atoms. The second-order valence-corrected chi connectivity index (χ2v) is 5.32. The summed E-state index contributed by atoms with van der Waals surface area (Å²) in [6.07, 6.45) is 5.33. The molecule has 0 aliphatic heterocycles. The third-order valence-electron chi connectivity index (χ3n) is 2.87. The lowest BCUT2D eigenvalue weighted by atomic mass is 10.4. The number of hydrogen-bond donors (Lipinski definition) is 0. The van der Waals surface area contributed by atoms with Crippen LogP contribution >= 0.6 is 15.9 Å². The Bertz CT molecular complexity index is 938. The number of hydrogen-bond acceptors (Lipinski definition) is 6. The fraction of sp³-hybridized carbons (Fsp3) is 0.0833. The summed E-state index contributed by atoms with van der Waals surface area (Å²) in [6, 6.07) is 3.60. The van der Waals surface area contributed by atoms with Crippen LogP contribution < -0.4 is 0 Å². The number of rotatable bonds is 2. The van der Waals surface area contributed by atoms with E-state index in [0.29, 0.717) is 28.8 Å². The molecule has 0 aliphatic carbocycles. The first-order valence-corrected chi connectivity index (χ1v) is 6.83. The van der Waals surface area contributed by atoms with Gasteiger partial charge in [0.15, 0.2) is 11.3 Å². The highest BCUT2D eigenvalue weighted by Gasteiger charge is 2.15. The van der Waals surface area contributed by atoms with Gasteiger partial charge in [0.25, 0.3) is 5.89 Å². The van der Waals surface area contributed by atoms with E-state index in [1.807, 2.05) is 25.5 Å². The van der Waals surface area contributed by atoms with E-state index in [-0.39, 0.29) is 0 Å². The normalized spacial score (nSPS) is 11.3. The van der Waals surface area contributed by atoms with Gasteiger partial charge in [-0.2, -0.15) is 15.2 Å². The Hall–Kier alpha value is -2.55. The molecule has 0 saturated carbocycles. The summed E-state index contributed by atoms with van der Waals surface area (Å²) in [5.41, 5.74) is 1.92. The number of aryl methyl sites for hydroxylation is 1. The molecule has 4 aromatic heterocycles. The van der Waals surface area contributed by atoms with Crippen LogP contribution in [0.3, 0.4) is 0 Å². The molecule has 21 heavy (non-hydrogen) atoms. The van der Waals surface area contributed by atoms with Crippen molar-refractivity contribution >= 4 is 21.6 Å². The van der Waals surface area contributed by atoms with E-state index in [1.54, 1.807) is 21.5 Å². The highest BCUT2D eigenvalue weighted by atomic mass is 79.9. The maximum Gasteiger partial charge on any atom is 0.278 e. The molecule has 0 unspecified atom stereocenters. The molecule has 4 rings (SSSR count). The lowest BCUT2D eigenvalue weighted by molar-refractivity contribution is 0.430. The molecule has 0 amide bonds. The predicted octanol–water partition coefficient (Wildman–Crippen LogP) is 1.94. The minimum absolute atomic E-state index is 0.331. The molecule has 0 atom stereocenters. The zero-order valence-corrected chi connectivity index (χ0v) is 12.4. The highest BCUT2D eigenvalue weighted by molar-refractivity contribution is 9.10. The van der Waals surface area contributed by atoms with Gasteiger partial charge in [-0.1, -0.05) is 5.16 Å². The molecule has 0 spiro atoms. The zero-order chi connectivity index (χ0) is 14.4. The summed E-state index contributed by atoms with van der Waals surface area (Å²) < 4.78 is 9.41. The first-order valence-electron chi connectivity index (χ1n) is 6.04. The van der Waals surface area contributed by atoms with Gasteiger partial charge in [0.2, 0.25) is 5.82 Å². The lowest BCUT2D eigenvalue weighted by Crippen LogP contribution is -1.89. The monoisotopic (exact) mass is 345 g/mol. The maximum absolute atomic E-state index is 5.25.